The van der Waals surface area contributed by atoms with Crippen molar-refractivity contribution < 1.29 is 18.7 Å². The molecule has 0 radical (unpaired) electrons. The maximum absolute atomic E-state index is 13.0. The van der Waals surface area contributed by atoms with E-state index in [1.165, 1.54) is 6.07 Å². The smallest absolute Gasteiger partial charge is 0.336 e. The zero-order chi connectivity index (χ0) is 19.3. The lowest BCUT2D eigenvalue weighted by Crippen LogP contribution is -2.11. The molecule has 0 amide bonds. The first-order valence-electron chi connectivity index (χ1n) is 9.05. The van der Waals surface area contributed by atoms with Gasteiger partial charge < -0.3 is 13.9 Å². The summed E-state index contributed by atoms with van der Waals surface area (Å²) < 4.78 is 17.0. The summed E-state index contributed by atoms with van der Waals surface area (Å²) in [5, 5.41) is 0.670. The summed E-state index contributed by atoms with van der Waals surface area (Å²) in [6, 6.07) is 3.20. The van der Waals surface area contributed by atoms with Gasteiger partial charge in [0.05, 0.1) is 18.6 Å². The fraction of sp³-hybridized carbons (Fsp3) is 0.429. The van der Waals surface area contributed by atoms with Crippen LogP contribution in [0.25, 0.3) is 11.0 Å². The fourth-order valence-electron chi connectivity index (χ4n) is 2.91. The third kappa shape index (κ3) is 3.82. The fourth-order valence-corrected chi connectivity index (χ4v) is 2.91. The van der Waals surface area contributed by atoms with E-state index in [-0.39, 0.29) is 16.9 Å². The van der Waals surface area contributed by atoms with E-state index in [1.54, 1.807) is 26.0 Å². The first-order valence-corrected chi connectivity index (χ1v) is 9.05. The Labute approximate surface area is 153 Å². The van der Waals surface area contributed by atoms with Gasteiger partial charge in [0.2, 0.25) is 0 Å². The quantitative estimate of drug-likeness (QED) is 0.389. The molecule has 0 bridgehead atoms. The van der Waals surface area contributed by atoms with Gasteiger partial charge in [0.1, 0.15) is 17.1 Å². The Morgan fingerprint density at radius 3 is 2.35 bits per heavy atom. The van der Waals surface area contributed by atoms with Crippen LogP contribution in [-0.4, -0.2) is 19.0 Å². The van der Waals surface area contributed by atoms with Crippen molar-refractivity contribution in [3.63, 3.8) is 0 Å². The summed E-state index contributed by atoms with van der Waals surface area (Å²) in [7, 11) is 0. The van der Waals surface area contributed by atoms with Crippen molar-refractivity contribution in [2.24, 2.45) is 0 Å². The highest BCUT2D eigenvalue weighted by atomic mass is 16.5. The minimum Gasteiger partial charge on any atom is -0.493 e. The van der Waals surface area contributed by atoms with Crippen LogP contribution in [0.15, 0.2) is 33.0 Å². The van der Waals surface area contributed by atoms with Gasteiger partial charge in [0.15, 0.2) is 11.4 Å². The number of ether oxygens (including phenoxy) is 2. The van der Waals surface area contributed by atoms with Gasteiger partial charge in [-0.1, -0.05) is 19.4 Å². The number of carbonyl (C=O) groups is 1. The number of benzene rings is 1. The molecule has 0 N–H and O–H groups in total. The molecule has 0 aliphatic heterocycles. The number of ketones is 1. The van der Waals surface area contributed by atoms with Crippen molar-refractivity contribution in [2.45, 2.75) is 47.5 Å². The number of hydrogen-bond donors (Lipinski definition) is 0. The first-order chi connectivity index (χ1) is 12.5. The standard InChI is InChI=1S/C21H26O5/c1-6-10-14-11-17(22)26-21-18(14)15(24-8-3)12-16(25-9-4)19(21)20(23)13(5)7-2/h7,11-12H,6,8-10H2,1-5H3/b13-7+. The van der Waals surface area contributed by atoms with E-state index in [9.17, 15) is 9.59 Å². The Bertz CT molecular complexity index is 889. The molecule has 0 atom stereocenters. The highest BCUT2D eigenvalue weighted by Gasteiger charge is 2.25. The Morgan fingerprint density at radius 2 is 1.77 bits per heavy atom. The Balaban J connectivity index is 2.98. The van der Waals surface area contributed by atoms with Crippen LogP contribution in [0, 0.1) is 0 Å². The lowest BCUT2D eigenvalue weighted by Gasteiger charge is -2.17. The average Bonchev–Trinajstić information content (AvgIpc) is 2.61. The van der Waals surface area contributed by atoms with Gasteiger partial charge >= 0.3 is 5.63 Å². The molecule has 0 saturated heterocycles. The average molecular weight is 358 g/mol. The van der Waals surface area contributed by atoms with Gasteiger partial charge in [-0.15, -0.1) is 0 Å². The molecule has 26 heavy (non-hydrogen) atoms. The van der Waals surface area contributed by atoms with E-state index in [4.69, 9.17) is 13.9 Å². The predicted octanol–water partition coefficient (Wildman–Crippen LogP) is 4.69. The summed E-state index contributed by atoms with van der Waals surface area (Å²) in [6.45, 7) is 10.1. The number of carbonyl (C=O) groups excluding carboxylic acids is 1. The molecule has 0 aliphatic carbocycles. The Kier molecular flexibility index (Phi) is 6.61. The van der Waals surface area contributed by atoms with Crippen LogP contribution >= 0.6 is 0 Å². The molecule has 0 spiro atoms. The number of aryl methyl sites for hydroxylation is 1. The summed E-state index contributed by atoms with van der Waals surface area (Å²) in [6.07, 6.45) is 3.27. The number of allylic oxidation sites excluding steroid dienone is 2. The molecule has 0 saturated carbocycles. The van der Waals surface area contributed by atoms with Gasteiger partial charge in [0, 0.05) is 12.1 Å². The largest absolute Gasteiger partial charge is 0.493 e. The van der Waals surface area contributed by atoms with Gasteiger partial charge in [-0.3, -0.25) is 4.79 Å². The highest BCUT2D eigenvalue weighted by Crippen LogP contribution is 2.39. The van der Waals surface area contributed by atoms with Gasteiger partial charge in [-0.05, 0) is 45.3 Å². The van der Waals surface area contributed by atoms with Crippen LogP contribution in [0.4, 0.5) is 0 Å². The monoisotopic (exact) mass is 358 g/mol. The maximum atomic E-state index is 13.0. The van der Waals surface area contributed by atoms with Crippen molar-refractivity contribution in [2.75, 3.05) is 13.2 Å². The van der Waals surface area contributed by atoms with Crippen molar-refractivity contribution >= 4 is 16.8 Å². The number of fused-ring (bicyclic) bond motifs is 1. The topological polar surface area (TPSA) is 65.7 Å². The first kappa shape index (κ1) is 19.8. The Morgan fingerprint density at radius 1 is 1.12 bits per heavy atom. The van der Waals surface area contributed by atoms with E-state index >= 15 is 0 Å². The molecule has 2 aromatic rings. The summed E-state index contributed by atoms with van der Waals surface area (Å²) in [4.78, 5) is 25.1. The van der Waals surface area contributed by atoms with E-state index in [0.29, 0.717) is 42.1 Å². The number of hydrogen-bond acceptors (Lipinski definition) is 5. The SMILES string of the molecule is C/C=C(\C)C(=O)c1c(OCC)cc(OCC)c2c(CCC)cc(=O)oc12. The molecule has 5 nitrogen and oxygen atoms in total. The second-order valence-electron chi connectivity index (χ2n) is 5.96. The molecule has 0 aliphatic rings. The summed E-state index contributed by atoms with van der Waals surface area (Å²) in [5.74, 6) is 0.708. The Hall–Kier alpha value is -2.56. The second kappa shape index (κ2) is 8.70. The highest BCUT2D eigenvalue weighted by molar-refractivity contribution is 6.17. The molecule has 1 heterocycles. The van der Waals surface area contributed by atoms with E-state index in [2.05, 4.69) is 0 Å². The molecule has 5 heteroatoms. The van der Waals surface area contributed by atoms with Crippen LogP contribution in [0.2, 0.25) is 0 Å². The van der Waals surface area contributed by atoms with Gasteiger partial charge in [-0.25, -0.2) is 4.79 Å². The molecule has 140 valence electrons. The van der Waals surface area contributed by atoms with Crippen LogP contribution in [0.3, 0.4) is 0 Å². The van der Waals surface area contributed by atoms with Crippen LogP contribution < -0.4 is 15.1 Å². The van der Waals surface area contributed by atoms with Crippen molar-refractivity contribution in [1.82, 2.24) is 0 Å². The van der Waals surface area contributed by atoms with Crippen molar-refractivity contribution in [3.8, 4) is 11.5 Å². The predicted molar refractivity (Wildman–Crippen MR) is 103 cm³/mol. The summed E-state index contributed by atoms with van der Waals surface area (Å²) in [5.41, 5.74) is 1.40. The normalized spacial score (nSPS) is 11.7. The molecular formula is C21H26O5. The van der Waals surface area contributed by atoms with E-state index in [1.807, 2.05) is 20.8 Å². The van der Waals surface area contributed by atoms with Crippen molar-refractivity contribution in [1.29, 1.82) is 0 Å². The maximum Gasteiger partial charge on any atom is 0.336 e. The minimum absolute atomic E-state index is 0.221. The zero-order valence-electron chi connectivity index (χ0n) is 16.1. The lowest BCUT2D eigenvalue weighted by atomic mass is 9.96. The van der Waals surface area contributed by atoms with Crippen LogP contribution in [0.5, 0.6) is 11.5 Å². The van der Waals surface area contributed by atoms with E-state index < -0.39 is 5.63 Å². The van der Waals surface area contributed by atoms with Crippen LogP contribution in [-0.2, 0) is 6.42 Å². The van der Waals surface area contributed by atoms with Crippen molar-refractivity contribution in [3.05, 3.63) is 45.3 Å². The molecule has 1 aromatic heterocycles. The molecule has 2 rings (SSSR count). The number of rotatable bonds is 8. The van der Waals surface area contributed by atoms with E-state index in [0.717, 1.165) is 12.0 Å². The second-order valence-corrected chi connectivity index (χ2v) is 5.96. The lowest BCUT2D eigenvalue weighted by molar-refractivity contribution is 0.103. The summed E-state index contributed by atoms with van der Waals surface area (Å²) >= 11 is 0. The molecule has 1 aromatic carbocycles. The van der Waals surface area contributed by atoms with Gasteiger partial charge in [0.25, 0.3) is 0 Å². The minimum atomic E-state index is -0.482. The van der Waals surface area contributed by atoms with Gasteiger partial charge in [-0.2, -0.15) is 0 Å². The van der Waals surface area contributed by atoms with Crippen LogP contribution in [0.1, 0.15) is 57.0 Å². The third-order valence-electron chi connectivity index (χ3n) is 4.16. The third-order valence-corrected chi connectivity index (χ3v) is 4.16. The molecular weight excluding hydrogens is 332 g/mol. The number of Topliss-reactive ketones (excluding diaryl/α,β-unsaturated/α-hetero) is 1. The molecule has 0 unspecified atom stereocenters. The zero-order valence-corrected chi connectivity index (χ0v) is 16.1. The molecule has 0 fully saturated rings.